The molecule has 0 spiro atoms. The third kappa shape index (κ3) is 6.50. The van der Waals surface area contributed by atoms with Crippen LogP contribution >= 0.6 is 45.2 Å². The molecule has 0 aliphatic carbocycles. The Labute approximate surface area is 207 Å². The number of halogens is 2. The van der Waals surface area contributed by atoms with Crippen molar-refractivity contribution in [1.82, 2.24) is 10.7 Å². The molecule has 0 aromatic heterocycles. The SMILES string of the molecule is O=C(CNC(=O)C(c1ccccc1)c1ccccc1)N/N=C/c1cc(I)cc(I)c1O. The lowest BCUT2D eigenvalue weighted by Crippen LogP contribution is -2.37. The minimum atomic E-state index is -0.524. The predicted molar refractivity (Wildman–Crippen MR) is 137 cm³/mol. The van der Waals surface area contributed by atoms with Gasteiger partial charge in [-0.25, -0.2) is 5.43 Å². The van der Waals surface area contributed by atoms with Crippen molar-refractivity contribution in [2.75, 3.05) is 6.54 Å². The molecule has 3 N–H and O–H groups in total. The molecule has 2 amide bonds. The van der Waals surface area contributed by atoms with Gasteiger partial charge in [0.2, 0.25) is 5.91 Å². The van der Waals surface area contributed by atoms with Crippen molar-refractivity contribution >= 4 is 63.2 Å². The molecular formula is C23H19I2N3O3. The molecule has 6 nitrogen and oxygen atoms in total. The molecule has 0 saturated heterocycles. The summed E-state index contributed by atoms with van der Waals surface area (Å²) in [6, 6.07) is 22.4. The van der Waals surface area contributed by atoms with Gasteiger partial charge in [-0.15, -0.1) is 0 Å². The lowest BCUT2D eigenvalue weighted by molar-refractivity contribution is -0.126. The van der Waals surface area contributed by atoms with Crippen LogP contribution in [0.15, 0.2) is 77.9 Å². The zero-order chi connectivity index (χ0) is 22.2. The molecule has 0 bridgehead atoms. The first-order valence-corrected chi connectivity index (χ1v) is 11.5. The second-order valence-corrected chi connectivity index (χ2v) is 9.00. The number of carbonyl (C=O) groups is 2. The van der Waals surface area contributed by atoms with Gasteiger partial charge in [0, 0.05) is 9.13 Å². The van der Waals surface area contributed by atoms with E-state index in [0.717, 1.165) is 14.7 Å². The average Bonchev–Trinajstić information content (AvgIpc) is 2.77. The van der Waals surface area contributed by atoms with Crippen LogP contribution in [0.2, 0.25) is 0 Å². The largest absolute Gasteiger partial charge is 0.506 e. The maximum Gasteiger partial charge on any atom is 0.259 e. The van der Waals surface area contributed by atoms with Gasteiger partial charge in [-0.05, 0) is 68.4 Å². The van der Waals surface area contributed by atoms with Crippen molar-refractivity contribution in [2.45, 2.75) is 5.92 Å². The Morgan fingerprint density at radius 1 is 0.968 bits per heavy atom. The van der Waals surface area contributed by atoms with Crippen LogP contribution in [0.5, 0.6) is 5.75 Å². The van der Waals surface area contributed by atoms with Crippen molar-refractivity contribution < 1.29 is 14.7 Å². The van der Waals surface area contributed by atoms with Gasteiger partial charge in [0.15, 0.2) is 0 Å². The Kier molecular flexibility index (Phi) is 8.41. The van der Waals surface area contributed by atoms with Gasteiger partial charge in [-0.1, -0.05) is 60.7 Å². The number of hydrogen-bond donors (Lipinski definition) is 3. The Bertz CT molecular complexity index is 1050. The number of carbonyl (C=O) groups excluding carboxylic acids is 2. The number of nitrogens with zero attached hydrogens (tertiary/aromatic N) is 1. The van der Waals surface area contributed by atoms with Crippen LogP contribution in [0.25, 0.3) is 0 Å². The number of amides is 2. The molecule has 0 aliphatic rings. The number of phenols is 1. The third-order valence-electron chi connectivity index (χ3n) is 4.40. The van der Waals surface area contributed by atoms with Crippen LogP contribution in [0.4, 0.5) is 0 Å². The molecule has 0 aliphatic heterocycles. The zero-order valence-electron chi connectivity index (χ0n) is 16.3. The van der Waals surface area contributed by atoms with Crippen molar-refractivity contribution in [2.24, 2.45) is 5.10 Å². The Morgan fingerprint density at radius 2 is 1.55 bits per heavy atom. The summed E-state index contributed by atoms with van der Waals surface area (Å²) in [6.45, 7) is -0.220. The molecule has 0 atom stereocenters. The predicted octanol–water partition coefficient (Wildman–Crippen LogP) is 4.00. The van der Waals surface area contributed by atoms with E-state index in [-0.39, 0.29) is 18.2 Å². The van der Waals surface area contributed by atoms with Gasteiger partial charge in [0.25, 0.3) is 5.91 Å². The number of hydrazone groups is 1. The third-order valence-corrected chi connectivity index (χ3v) is 5.85. The van der Waals surface area contributed by atoms with Gasteiger partial charge < -0.3 is 10.4 Å². The minimum Gasteiger partial charge on any atom is -0.506 e. The highest BCUT2D eigenvalue weighted by Crippen LogP contribution is 2.26. The van der Waals surface area contributed by atoms with Gasteiger partial charge in [0.05, 0.1) is 22.2 Å². The van der Waals surface area contributed by atoms with Gasteiger partial charge >= 0.3 is 0 Å². The van der Waals surface area contributed by atoms with Crippen LogP contribution in [-0.4, -0.2) is 29.7 Å². The first kappa shape index (κ1) is 23.2. The number of nitrogens with one attached hydrogen (secondary N) is 2. The highest BCUT2D eigenvalue weighted by molar-refractivity contribution is 14.1. The van der Waals surface area contributed by atoms with E-state index in [1.165, 1.54) is 6.21 Å². The lowest BCUT2D eigenvalue weighted by atomic mass is 9.90. The fraction of sp³-hybridized carbons (Fsp3) is 0.0870. The highest BCUT2D eigenvalue weighted by atomic mass is 127. The second kappa shape index (κ2) is 11.2. The lowest BCUT2D eigenvalue weighted by Gasteiger charge is -2.17. The normalized spacial score (nSPS) is 10.9. The number of benzene rings is 3. The van der Waals surface area contributed by atoms with Crippen molar-refractivity contribution in [3.05, 3.63) is 96.6 Å². The Hall–Kier alpha value is -2.47. The highest BCUT2D eigenvalue weighted by Gasteiger charge is 2.22. The van der Waals surface area contributed by atoms with Gasteiger partial charge in [0.1, 0.15) is 5.75 Å². The molecule has 0 saturated carbocycles. The molecule has 31 heavy (non-hydrogen) atoms. The molecule has 8 heteroatoms. The summed E-state index contributed by atoms with van der Waals surface area (Å²) < 4.78 is 1.63. The van der Waals surface area contributed by atoms with Crippen LogP contribution < -0.4 is 10.7 Å². The van der Waals surface area contributed by atoms with E-state index < -0.39 is 11.8 Å². The van der Waals surface area contributed by atoms with Crippen LogP contribution in [0, 0.1) is 7.14 Å². The van der Waals surface area contributed by atoms with Crippen LogP contribution in [-0.2, 0) is 9.59 Å². The summed E-state index contributed by atoms with van der Waals surface area (Å²) in [5.74, 6) is -1.17. The number of aromatic hydroxyl groups is 1. The number of phenolic OH excluding ortho intramolecular Hbond substituents is 1. The molecule has 0 fully saturated rings. The van der Waals surface area contributed by atoms with Crippen LogP contribution in [0.1, 0.15) is 22.6 Å². The van der Waals surface area contributed by atoms with Crippen LogP contribution in [0.3, 0.4) is 0 Å². The van der Waals surface area contributed by atoms with E-state index in [1.807, 2.05) is 89.3 Å². The monoisotopic (exact) mass is 639 g/mol. The minimum absolute atomic E-state index is 0.0980. The molecule has 158 valence electrons. The summed E-state index contributed by atoms with van der Waals surface area (Å²) in [6.07, 6.45) is 1.37. The molecule has 3 aromatic carbocycles. The fourth-order valence-electron chi connectivity index (χ4n) is 2.95. The van der Waals surface area contributed by atoms with E-state index in [1.54, 1.807) is 6.07 Å². The Balaban J connectivity index is 1.63. The van der Waals surface area contributed by atoms with Gasteiger partial charge in [-0.3, -0.25) is 9.59 Å². The number of rotatable bonds is 7. The maximum absolute atomic E-state index is 12.9. The molecule has 3 aromatic rings. The smallest absolute Gasteiger partial charge is 0.259 e. The van der Waals surface area contributed by atoms with Crippen molar-refractivity contribution in [3.8, 4) is 5.75 Å². The van der Waals surface area contributed by atoms with E-state index in [2.05, 4.69) is 38.4 Å². The maximum atomic E-state index is 12.9. The molecular weight excluding hydrogens is 620 g/mol. The van der Waals surface area contributed by atoms with Crippen molar-refractivity contribution in [1.29, 1.82) is 0 Å². The molecule has 0 radical (unpaired) electrons. The quantitative estimate of drug-likeness (QED) is 0.208. The summed E-state index contributed by atoms with van der Waals surface area (Å²) in [5.41, 5.74) is 4.55. The average molecular weight is 639 g/mol. The van der Waals surface area contributed by atoms with Crippen molar-refractivity contribution in [3.63, 3.8) is 0 Å². The van der Waals surface area contributed by atoms with Gasteiger partial charge in [-0.2, -0.15) is 5.10 Å². The summed E-state index contributed by atoms with van der Waals surface area (Å²) >= 11 is 4.16. The second-order valence-electron chi connectivity index (χ2n) is 6.59. The Morgan fingerprint density at radius 3 is 2.13 bits per heavy atom. The standard InChI is InChI=1S/C23H19I2N3O3/c24-18-11-17(22(30)19(25)12-18)13-27-28-20(29)14-26-23(31)21(15-7-3-1-4-8-15)16-9-5-2-6-10-16/h1-13,21,30H,14H2,(H,26,31)(H,28,29)/b27-13+. The molecule has 3 rings (SSSR count). The first-order valence-electron chi connectivity index (χ1n) is 9.33. The topological polar surface area (TPSA) is 90.8 Å². The zero-order valence-corrected chi connectivity index (χ0v) is 20.6. The number of hydrogen-bond acceptors (Lipinski definition) is 4. The summed E-state index contributed by atoms with van der Waals surface area (Å²) in [5, 5.41) is 16.6. The molecule has 0 unspecified atom stereocenters. The molecule has 0 heterocycles. The summed E-state index contributed by atoms with van der Waals surface area (Å²) in [4.78, 5) is 25.0. The summed E-state index contributed by atoms with van der Waals surface area (Å²) in [7, 11) is 0. The first-order chi connectivity index (χ1) is 15.0. The van der Waals surface area contributed by atoms with E-state index in [9.17, 15) is 14.7 Å². The van der Waals surface area contributed by atoms with E-state index in [0.29, 0.717) is 9.13 Å². The van der Waals surface area contributed by atoms with E-state index >= 15 is 0 Å². The fourth-order valence-corrected chi connectivity index (χ4v) is 4.84. The van der Waals surface area contributed by atoms with E-state index in [4.69, 9.17) is 0 Å².